The number of methoxy groups -OCH3 is 1. The molecule has 2 atom stereocenters. The largest absolute Gasteiger partial charge is 0.453 e. The summed E-state index contributed by atoms with van der Waals surface area (Å²) in [7, 11) is 1.13. The van der Waals surface area contributed by atoms with Crippen molar-refractivity contribution in [1.29, 1.82) is 0 Å². The van der Waals surface area contributed by atoms with Crippen LogP contribution in [0.3, 0.4) is 0 Å². The van der Waals surface area contributed by atoms with Crippen molar-refractivity contribution in [1.82, 2.24) is 5.32 Å². The predicted molar refractivity (Wildman–Crippen MR) is 77.1 cm³/mol. The molecule has 2 N–H and O–H groups in total. The molecule has 0 spiro atoms. The molecule has 0 radical (unpaired) electrons. The fourth-order valence-electron chi connectivity index (χ4n) is 2.61. The number of nitrogens with one attached hydrogen (secondary N) is 2. The highest BCUT2D eigenvalue weighted by molar-refractivity contribution is 5.96. The summed E-state index contributed by atoms with van der Waals surface area (Å²) in [4.78, 5) is 23.4. The Bertz CT molecular complexity index is 616. The van der Waals surface area contributed by atoms with Crippen LogP contribution in [0.25, 0.3) is 0 Å². The summed E-state index contributed by atoms with van der Waals surface area (Å²) in [6.07, 6.45) is -4.33. The van der Waals surface area contributed by atoms with Crippen molar-refractivity contribution >= 4 is 17.7 Å². The maximum atomic E-state index is 12.8. The van der Waals surface area contributed by atoms with E-state index < -0.39 is 29.7 Å². The Morgan fingerprint density at radius 1 is 1.39 bits per heavy atom. The molecule has 1 aliphatic rings. The zero-order chi connectivity index (χ0) is 17.2. The molecule has 0 saturated heterocycles. The standard InChI is InChI=1S/C15H17F3N2O3/c1-3-9-7-11(13(21)20-14(22)23-2)10-5-4-8(15(16,17)18)6-12(10)19-9/h4-6,9,11,19H,3,7H2,1-2H3,(H,20,21,22)/t9-,11+/m0/s1. The average molecular weight is 330 g/mol. The third kappa shape index (κ3) is 3.75. The van der Waals surface area contributed by atoms with Crippen molar-refractivity contribution in [3.05, 3.63) is 29.3 Å². The number of fused-ring (bicyclic) bond motifs is 1. The normalized spacial score (nSPS) is 20.2. The molecular formula is C15H17F3N2O3. The van der Waals surface area contributed by atoms with Crippen molar-refractivity contribution in [2.75, 3.05) is 12.4 Å². The third-order valence-corrected chi connectivity index (χ3v) is 3.86. The Kier molecular flexibility index (Phi) is 4.82. The molecule has 1 aliphatic heterocycles. The van der Waals surface area contributed by atoms with Gasteiger partial charge in [0.1, 0.15) is 0 Å². The van der Waals surface area contributed by atoms with Crippen LogP contribution in [-0.2, 0) is 15.7 Å². The number of hydrogen-bond acceptors (Lipinski definition) is 4. The molecule has 1 heterocycles. The van der Waals surface area contributed by atoms with Gasteiger partial charge in [-0.2, -0.15) is 13.2 Å². The van der Waals surface area contributed by atoms with Gasteiger partial charge < -0.3 is 10.1 Å². The van der Waals surface area contributed by atoms with Crippen molar-refractivity contribution < 1.29 is 27.5 Å². The van der Waals surface area contributed by atoms with Crippen LogP contribution in [0.15, 0.2) is 18.2 Å². The van der Waals surface area contributed by atoms with Gasteiger partial charge in [0.15, 0.2) is 0 Å². The van der Waals surface area contributed by atoms with E-state index in [2.05, 4.69) is 15.4 Å². The van der Waals surface area contributed by atoms with Gasteiger partial charge in [-0.15, -0.1) is 0 Å². The van der Waals surface area contributed by atoms with E-state index in [4.69, 9.17) is 0 Å². The summed E-state index contributed by atoms with van der Waals surface area (Å²) in [5, 5.41) is 5.09. The number of amides is 2. The van der Waals surface area contributed by atoms with Crippen LogP contribution in [0.2, 0.25) is 0 Å². The Morgan fingerprint density at radius 2 is 2.09 bits per heavy atom. The molecule has 0 unspecified atom stereocenters. The van der Waals surface area contributed by atoms with Gasteiger partial charge in [0, 0.05) is 11.7 Å². The van der Waals surface area contributed by atoms with E-state index in [1.54, 1.807) is 0 Å². The molecule has 0 aromatic heterocycles. The molecular weight excluding hydrogens is 313 g/mol. The fraction of sp³-hybridized carbons (Fsp3) is 0.467. The zero-order valence-electron chi connectivity index (χ0n) is 12.7. The molecule has 8 heteroatoms. The lowest BCUT2D eigenvalue weighted by Gasteiger charge is -2.32. The van der Waals surface area contributed by atoms with E-state index in [9.17, 15) is 22.8 Å². The van der Waals surface area contributed by atoms with Crippen molar-refractivity contribution in [3.8, 4) is 0 Å². The molecule has 23 heavy (non-hydrogen) atoms. The summed E-state index contributed by atoms with van der Waals surface area (Å²) in [5.74, 6) is -1.30. The van der Waals surface area contributed by atoms with Crippen LogP contribution in [0.5, 0.6) is 0 Å². The minimum atomic E-state index is -4.46. The Balaban J connectivity index is 2.36. The molecule has 2 rings (SSSR count). The first-order chi connectivity index (χ1) is 10.8. The molecule has 0 fully saturated rings. The highest BCUT2D eigenvalue weighted by Crippen LogP contribution is 2.39. The number of anilines is 1. The summed E-state index contributed by atoms with van der Waals surface area (Å²) in [5.41, 5.74) is -0.0836. The predicted octanol–water partition coefficient (Wildman–Crippen LogP) is 3.27. The number of rotatable bonds is 2. The number of halogens is 3. The number of hydrogen-bond donors (Lipinski definition) is 2. The van der Waals surface area contributed by atoms with Gasteiger partial charge in [-0.3, -0.25) is 10.1 Å². The van der Waals surface area contributed by atoms with E-state index in [0.717, 1.165) is 19.2 Å². The highest BCUT2D eigenvalue weighted by Gasteiger charge is 2.35. The number of benzene rings is 1. The van der Waals surface area contributed by atoms with Crippen molar-refractivity contribution in [2.24, 2.45) is 0 Å². The second-order valence-corrected chi connectivity index (χ2v) is 5.32. The van der Waals surface area contributed by atoms with Crippen LogP contribution >= 0.6 is 0 Å². The topological polar surface area (TPSA) is 67.4 Å². The number of alkyl carbamates (subject to hydrolysis) is 1. The van der Waals surface area contributed by atoms with Gasteiger partial charge in [0.05, 0.1) is 18.6 Å². The Hall–Kier alpha value is -2.25. The summed E-state index contributed by atoms with van der Waals surface area (Å²) in [6.45, 7) is 1.87. The molecule has 2 amide bonds. The van der Waals surface area contributed by atoms with Gasteiger partial charge in [0.25, 0.3) is 0 Å². The van der Waals surface area contributed by atoms with E-state index in [-0.39, 0.29) is 11.7 Å². The Morgan fingerprint density at radius 3 is 2.65 bits per heavy atom. The molecule has 0 bridgehead atoms. The third-order valence-electron chi connectivity index (χ3n) is 3.86. The molecule has 126 valence electrons. The van der Waals surface area contributed by atoms with Gasteiger partial charge >= 0.3 is 12.3 Å². The fourth-order valence-corrected chi connectivity index (χ4v) is 2.61. The van der Waals surface area contributed by atoms with E-state index in [0.29, 0.717) is 18.4 Å². The summed E-state index contributed by atoms with van der Waals surface area (Å²) >= 11 is 0. The molecule has 0 aliphatic carbocycles. The molecule has 1 aromatic rings. The number of carbonyl (C=O) groups is 2. The highest BCUT2D eigenvalue weighted by atomic mass is 19.4. The first-order valence-corrected chi connectivity index (χ1v) is 7.12. The first kappa shape index (κ1) is 17.1. The lowest BCUT2D eigenvalue weighted by molar-refractivity contribution is -0.137. The van der Waals surface area contributed by atoms with Crippen LogP contribution in [-0.4, -0.2) is 25.2 Å². The van der Waals surface area contributed by atoms with Gasteiger partial charge in [-0.25, -0.2) is 4.79 Å². The monoisotopic (exact) mass is 330 g/mol. The number of ether oxygens (including phenoxy) is 1. The van der Waals surface area contributed by atoms with Crippen LogP contribution in [0.1, 0.15) is 36.8 Å². The van der Waals surface area contributed by atoms with Crippen LogP contribution < -0.4 is 10.6 Å². The minimum absolute atomic E-state index is 0.153. The van der Waals surface area contributed by atoms with Crippen LogP contribution in [0, 0.1) is 0 Å². The Labute approximate surface area is 131 Å². The van der Waals surface area contributed by atoms with E-state index in [1.165, 1.54) is 6.07 Å². The van der Waals surface area contributed by atoms with Crippen LogP contribution in [0.4, 0.5) is 23.7 Å². The van der Waals surface area contributed by atoms with E-state index >= 15 is 0 Å². The quantitative estimate of drug-likeness (QED) is 0.873. The second-order valence-electron chi connectivity index (χ2n) is 5.32. The second kappa shape index (κ2) is 6.47. The summed E-state index contributed by atoms with van der Waals surface area (Å²) in [6, 6.07) is 3.05. The number of alkyl halides is 3. The first-order valence-electron chi connectivity index (χ1n) is 7.12. The zero-order valence-corrected chi connectivity index (χ0v) is 12.7. The summed E-state index contributed by atoms with van der Waals surface area (Å²) < 4.78 is 42.9. The van der Waals surface area contributed by atoms with Gasteiger partial charge in [0.2, 0.25) is 5.91 Å². The number of imide groups is 1. The van der Waals surface area contributed by atoms with Crippen molar-refractivity contribution in [3.63, 3.8) is 0 Å². The molecule has 0 saturated carbocycles. The van der Waals surface area contributed by atoms with Crippen molar-refractivity contribution in [2.45, 2.75) is 37.9 Å². The lowest BCUT2D eigenvalue weighted by Crippen LogP contribution is -2.39. The van der Waals surface area contributed by atoms with Gasteiger partial charge in [-0.1, -0.05) is 13.0 Å². The SMILES string of the molecule is CC[C@H]1C[C@@H](C(=O)NC(=O)OC)c2ccc(C(F)(F)F)cc2N1. The smallest absolute Gasteiger partial charge is 0.416 e. The average Bonchev–Trinajstić information content (AvgIpc) is 2.51. The maximum Gasteiger partial charge on any atom is 0.416 e. The van der Waals surface area contributed by atoms with E-state index in [1.807, 2.05) is 6.92 Å². The molecule has 5 nitrogen and oxygen atoms in total. The maximum absolute atomic E-state index is 12.8. The minimum Gasteiger partial charge on any atom is -0.453 e. The molecule has 1 aromatic carbocycles. The number of carbonyl (C=O) groups excluding carboxylic acids is 2. The van der Waals surface area contributed by atoms with Gasteiger partial charge in [-0.05, 0) is 30.5 Å². The lowest BCUT2D eigenvalue weighted by atomic mass is 9.85.